The molecular weight excluding hydrogens is 276 g/mol. The number of amides is 1. The predicted molar refractivity (Wildman–Crippen MR) is 85.4 cm³/mol. The van der Waals surface area contributed by atoms with Crippen LogP contribution in [0.5, 0.6) is 0 Å². The highest BCUT2D eigenvalue weighted by Crippen LogP contribution is 2.31. The highest BCUT2D eigenvalue weighted by molar-refractivity contribution is 5.80. The first-order valence-electron chi connectivity index (χ1n) is 8.23. The fraction of sp³-hybridized carbons (Fsp3) is 0.500. The minimum Gasteiger partial charge on any atom is -0.381 e. The largest absolute Gasteiger partial charge is 0.381 e. The summed E-state index contributed by atoms with van der Waals surface area (Å²) >= 11 is 0. The Hall–Kier alpha value is -1.81. The minimum absolute atomic E-state index is 0.298. The topological polar surface area (TPSA) is 45.3 Å². The zero-order chi connectivity index (χ0) is 14.9. The van der Waals surface area contributed by atoms with E-state index in [1.807, 2.05) is 6.20 Å². The van der Waals surface area contributed by atoms with Gasteiger partial charge in [0.1, 0.15) is 0 Å². The summed E-state index contributed by atoms with van der Waals surface area (Å²) in [6, 6.07) is 8.95. The van der Waals surface area contributed by atoms with Crippen LogP contribution in [0, 0.1) is 5.92 Å². The van der Waals surface area contributed by atoms with E-state index in [0.717, 1.165) is 44.5 Å². The molecule has 1 aromatic heterocycles. The number of carbonyl (C=O) groups is 1. The van der Waals surface area contributed by atoms with Crippen molar-refractivity contribution in [2.75, 3.05) is 13.2 Å². The van der Waals surface area contributed by atoms with Gasteiger partial charge in [0.25, 0.3) is 0 Å². The molecule has 1 N–H and O–H groups in total. The van der Waals surface area contributed by atoms with Gasteiger partial charge in [0.2, 0.25) is 5.91 Å². The number of hydrogen-bond acceptors (Lipinski definition) is 2. The number of aromatic amines is 1. The van der Waals surface area contributed by atoms with Crippen LogP contribution >= 0.6 is 0 Å². The second-order valence-electron chi connectivity index (χ2n) is 6.59. The Morgan fingerprint density at radius 3 is 2.95 bits per heavy atom. The van der Waals surface area contributed by atoms with Gasteiger partial charge in [-0.1, -0.05) is 6.07 Å². The molecule has 4 rings (SSSR count). The minimum atomic E-state index is 0.298. The van der Waals surface area contributed by atoms with Gasteiger partial charge in [-0.15, -0.1) is 0 Å². The van der Waals surface area contributed by atoms with E-state index < -0.39 is 0 Å². The number of rotatable bonds is 5. The summed E-state index contributed by atoms with van der Waals surface area (Å²) in [5.41, 5.74) is 2.37. The van der Waals surface area contributed by atoms with E-state index in [0.29, 0.717) is 24.3 Å². The van der Waals surface area contributed by atoms with Crippen molar-refractivity contribution in [1.29, 1.82) is 0 Å². The van der Waals surface area contributed by atoms with E-state index in [9.17, 15) is 4.79 Å². The Morgan fingerprint density at radius 1 is 1.27 bits per heavy atom. The Kier molecular flexibility index (Phi) is 3.62. The molecular formula is C18H22N2O2. The van der Waals surface area contributed by atoms with Gasteiger partial charge in [0.15, 0.2) is 0 Å². The first kappa shape index (κ1) is 13.8. The predicted octanol–water partition coefficient (Wildman–Crippen LogP) is 3.09. The third-order valence-electron chi connectivity index (χ3n) is 4.77. The van der Waals surface area contributed by atoms with Crippen LogP contribution in [-0.4, -0.2) is 35.0 Å². The van der Waals surface area contributed by atoms with Gasteiger partial charge >= 0.3 is 0 Å². The molecule has 0 radical (unpaired) electrons. The van der Waals surface area contributed by atoms with Gasteiger partial charge in [-0.05, 0) is 54.3 Å². The molecule has 0 bridgehead atoms. The first-order valence-corrected chi connectivity index (χ1v) is 8.23. The van der Waals surface area contributed by atoms with Crippen LogP contribution in [0.15, 0.2) is 30.5 Å². The van der Waals surface area contributed by atoms with Crippen molar-refractivity contribution in [3.63, 3.8) is 0 Å². The second-order valence-corrected chi connectivity index (χ2v) is 6.59. The molecule has 1 amide bonds. The van der Waals surface area contributed by atoms with Gasteiger partial charge in [0, 0.05) is 43.9 Å². The molecule has 4 heteroatoms. The molecule has 0 unspecified atom stereocenters. The molecule has 1 aromatic carbocycles. The number of H-pyrrole nitrogens is 1. The van der Waals surface area contributed by atoms with Gasteiger partial charge in [0.05, 0.1) is 0 Å². The highest BCUT2D eigenvalue weighted by Gasteiger charge is 2.33. The molecule has 2 aromatic rings. The number of hydrogen-bond donors (Lipinski definition) is 1. The monoisotopic (exact) mass is 298 g/mol. The number of nitrogens with zero attached hydrogens (tertiary/aromatic N) is 1. The van der Waals surface area contributed by atoms with Crippen LogP contribution in [0.25, 0.3) is 10.9 Å². The number of fused-ring (bicyclic) bond motifs is 1. The van der Waals surface area contributed by atoms with E-state index in [-0.39, 0.29) is 0 Å². The summed E-state index contributed by atoms with van der Waals surface area (Å²) in [5, 5.41) is 1.21. The lowest BCUT2D eigenvalue weighted by molar-refractivity contribution is -0.133. The molecule has 116 valence electrons. The van der Waals surface area contributed by atoms with Crippen molar-refractivity contribution in [2.24, 2.45) is 5.92 Å². The highest BCUT2D eigenvalue weighted by atomic mass is 16.5. The normalized spacial score (nSPS) is 21.4. The van der Waals surface area contributed by atoms with E-state index in [1.165, 1.54) is 10.9 Å². The number of ether oxygens (including phenoxy) is 1. The SMILES string of the molecule is O=C(C[C@@H]1CCOC1)N(Cc1ccc2[nH]ccc2c1)C1CC1. The lowest BCUT2D eigenvalue weighted by Crippen LogP contribution is -2.33. The van der Waals surface area contributed by atoms with Crippen molar-refractivity contribution in [3.8, 4) is 0 Å². The number of carbonyl (C=O) groups excluding carboxylic acids is 1. The Balaban J connectivity index is 1.47. The summed E-state index contributed by atoms with van der Waals surface area (Å²) in [4.78, 5) is 18.0. The summed E-state index contributed by atoms with van der Waals surface area (Å²) in [7, 11) is 0. The average Bonchev–Trinajstić information content (AvgIpc) is 3.03. The smallest absolute Gasteiger partial charge is 0.223 e. The molecule has 1 atom stereocenters. The maximum atomic E-state index is 12.7. The first-order chi connectivity index (χ1) is 10.8. The van der Waals surface area contributed by atoms with Crippen LogP contribution in [0.1, 0.15) is 31.2 Å². The third-order valence-corrected chi connectivity index (χ3v) is 4.77. The van der Waals surface area contributed by atoms with Gasteiger partial charge < -0.3 is 14.6 Å². The molecule has 2 aliphatic rings. The van der Waals surface area contributed by atoms with Crippen molar-refractivity contribution in [3.05, 3.63) is 36.0 Å². The van der Waals surface area contributed by atoms with Crippen LogP contribution < -0.4 is 0 Å². The molecule has 0 spiro atoms. The van der Waals surface area contributed by atoms with E-state index in [1.54, 1.807) is 0 Å². The standard InChI is InChI=1S/C18H22N2O2/c21-18(10-14-6-8-22-12-14)20(16-2-3-16)11-13-1-4-17-15(9-13)5-7-19-17/h1,4-5,7,9,14,16,19H,2-3,6,8,10-12H2/t14-/m0/s1. The Bertz CT molecular complexity index is 669. The molecule has 22 heavy (non-hydrogen) atoms. The Morgan fingerprint density at radius 2 is 2.18 bits per heavy atom. The number of aromatic nitrogens is 1. The maximum Gasteiger partial charge on any atom is 0.223 e. The van der Waals surface area contributed by atoms with E-state index in [2.05, 4.69) is 34.1 Å². The molecule has 1 saturated carbocycles. The van der Waals surface area contributed by atoms with E-state index in [4.69, 9.17) is 4.74 Å². The summed E-state index contributed by atoms with van der Waals surface area (Å²) in [6.45, 7) is 2.29. The van der Waals surface area contributed by atoms with Crippen molar-refractivity contribution < 1.29 is 9.53 Å². The van der Waals surface area contributed by atoms with Crippen molar-refractivity contribution in [2.45, 2.75) is 38.3 Å². The van der Waals surface area contributed by atoms with Crippen LogP contribution in [0.3, 0.4) is 0 Å². The van der Waals surface area contributed by atoms with Gasteiger partial charge in [-0.2, -0.15) is 0 Å². The zero-order valence-electron chi connectivity index (χ0n) is 12.8. The molecule has 2 fully saturated rings. The molecule has 2 heterocycles. The summed E-state index contributed by atoms with van der Waals surface area (Å²) in [6.07, 6.45) is 5.93. The number of nitrogens with one attached hydrogen (secondary N) is 1. The van der Waals surface area contributed by atoms with Crippen LogP contribution in [0.4, 0.5) is 0 Å². The van der Waals surface area contributed by atoms with Gasteiger partial charge in [-0.25, -0.2) is 0 Å². The lowest BCUT2D eigenvalue weighted by Gasteiger charge is -2.24. The Labute approximate surface area is 130 Å². The quantitative estimate of drug-likeness (QED) is 0.922. The van der Waals surface area contributed by atoms with Crippen molar-refractivity contribution in [1.82, 2.24) is 9.88 Å². The van der Waals surface area contributed by atoms with Crippen LogP contribution in [0.2, 0.25) is 0 Å². The fourth-order valence-corrected chi connectivity index (χ4v) is 3.31. The molecule has 1 aliphatic carbocycles. The van der Waals surface area contributed by atoms with Crippen LogP contribution in [-0.2, 0) is 16.1 Å². The average molecular weight is 298 g/mol. The zero-order valence-corrected chi connectivity index (χ0v) is 12.8. The molecule has 4 nitrogen and oxygen atoms in total. The third kappa shape index (κ3) is 2.88. The molecule has 1 saturated heterocycles. The van der Waals surface area contributed by atoms with Gasteiger partial charge in [-0.3, -0.25) is 4.79 Å². The second kappa shape index (κ2) is 5.76. The van der Waals surface area contributed by atoms with E-state index >= 15 is 0 Å². The number of benzene rings is 1. The lowest BCUT2D eigenvalue weighted by atomic mass is 10.0. The van der Waals surface area contributed by atoms with Crippen molar-refractivity contribution >= 4 is 16.8 Å². The molecule has 1 aliphatic heterocycles. The summed E-state index contributed by atoms with van der Waals surface area (Å²) in [5.74, 6) is 0.716. The maximum absolute atomic E-state index is 12.7. The fourth-order valence-electron chi connectivity index (χ4n) is 3.31. The summed E-state index contributed by atoms with van der Waals surface area (Å²) < 4.78 is 5.40.